The molecule has 2 rings (SSSR count). The van der Waals surface area contributed by atoms with Gasteiger partial charge >= 0.3 is 6.09 Å². The van der Waals surface area contributed by atoms with Gasteiger partial charge in [0.1, 0.15) is 18.0 Å². The summed E-state index contributed by atoms with van der Waals surface area (Å²) in [6.07, 6.45) is 6.21. The van der Waals surface area contributed by atoms with E-state index in [1.165, 1.54) is 12.8 Å². The summed E-state index contributed by atoms with van der Waals surface area (Å²) in [5.74, 6) is 2.43. The largest absolute Gasteiger partial charge is 0.444 e. The van der Waals surface area contributed by atoms with Crippen LogP contribution < -0.4 is 16.0 Å². The molecule has 1 fully saturated rings. The van der Waals surface area contributed by atoms with Gasteiger partial charge in [-0.3, -0.25) is 0 Å². The van der Waals surface area contributed by atoms with Crippen LogP contribution in [-0.2, 0) is 18.3 Å². The van der Waals surface area contributed by atoms with Crippen molar-refractivity contribution in [1.29, 1.82) is 0 Å². The van der Waals surface area contributed by atoms with Crippen LogP contribution in [0.3, 0.4) is 0 Å². The molecule has 0 bridgehead atoms. The number of guanidine groups is 1. The molecule has 1 atom stereocenters. The zero-order chi connectivity index (χ0) is 22.1. The molecule has 178 valence electrons. The molecular weight excluding hydrogens is 509 g/mol. The Hall–Kier alpha value is -1.59. The molecule has 10 heteroatoms. The van der Waals surface area contributed by atoms with E-state index in [-0.39, 0.29) is 36.1 Å². The highest BCUT2D eigenvalue weighted by Crippen LogP contribution is 2.17. The maximum Gasteiger partial charge on any atom is 0.407 e. The fourth-order valence-corrected chi connectivity index (χ4v) is 3.42. The van der Waals surface area contributed by atoms with Gasteiger partial charge in [0.25, 0.3) is 0 Å². The molecule has 1 aliphatic rings. The molecule has 1 aliphatic carbocycles. The highest BCUT2D eigenvalue weighted by atomic mass is 127. The Morgan fingerprint density at radius 3 is 2.52 bits per heavy atom. The van der Waals surface area contributed by atoms with Crippen LogP contribution in [0.4, 0.5) is 4.79 Å². The topological polar surface area (TPSA) is 105 Å². The lowest BCUT2D eigenvalue weighted by atomic mass is 10.1. The molecule has 3 N–H and O–H groups in total. The number of ether oxygens (including phenoxy) is 1. The number of nitrogens with one attached hydrogen (secondary N) is 3. The van der Waals surface area contributed by atoms with Crippen molar-refractivity contribution < 1.29 is 9.53 Å². The van der Waals surface area contributed by atoms with Crippen LogP contribution in [0.5, 0.6) is 0 Å². The Bertz CT molecular complexity index is 709. The predicted molar refractivity (Wildman–Crippen MR) is 134 cm³/mol. The third kappa shape index (κ3) is 10.0. The fraction of sp³-hybridized carbons (Fsp3) is 0.810. The molecule has 1 aromatic heterocycles. The quantitative estimate of drug-likeness (QED) is 0.261. The van der Waals surface area contributed by atoms with Crippen LogP contribution in [0.1, 0.15) is 77.9 Å². The van der Waals surface area contributed by atoms with Crippen molar-refractivity contribution in [2.45, 2.75) is 97.4 Å². The summed E-state index contributed by atoms with van der Waals surface area (Å²) in [5.41, 5.74) is -0.515. The average molecular weight is 550 g/mol. The number of rotatable bonds is 8. The molecule has 1 amide bonds. The lowest BCUT2D eigenvalue weighted by Gasteiger charge is -2.25. The number of aromatic nitrogens is 3. The van der Waals surface area contributed by atoms with Crippen molar-refractivity contribution in [2.75, 3.05) is 6.54 Å². The lowest BCUT2D eigenvalue weighted by Crippen LogP contribution is -2.49. The van der Waals surface area contributed by atoms with E-state index < -0.39 is 5.60 Å². The minimum atomic E-state index is -0.515. The van der Waals surface area contributed by atoms with Gasteiger partial charge in [0, 0.05) is 25.7 Å². The van der Waals surface area contributed by atoms with Gasteiger partial charge in [0.2, 0.25) is 0 Å². The van der Waals surface area contributed by atoms with E-state index in [9.17, 15) is 4.79 Å². The number of hydrogen-bond acceptors (Lipinski definition) is 5. The predicted octanol–water partition coefficient (Wildman–Crippen LogP) is 3.41. The van der Waals surface area contributed by atoms with Crippen molar-refractivity contribution in [2.24, 2.45) is 12.0 Å². The highest BCUT2D eigenvalue weighted by Gasteiger charge is 2.21. The molecule has 9 nitrogen and oxygen atoms in total. The van der Waals surface area contributed by atoms with Gasteiger partial charge in [0.15, 0.2) is 11.8 Å². The van der Waals surface area contributed by atoms with Crippen LogP contribution in [0.15, 0.2) is 4.99 Å². The maximum absolute atomic E-state index is 12.2. The second-order valence-corrected chi connectivity index (χ2v) is 9.03. The summed E-state index contributed by atoms with van der Waals surface area (Å²) in [7, 11) is 1.94. The Morgan fingerprint density at radius 2 is 1.97 bits per heavy atom. The summed E-state index contributed by atoms with van der Waals surface area (Å²) in [4.78, 5) is 16.9. The summed E-state index contributed by atoms with van der Waals surface area (Å²) in [6, 6.07) is 0.387. The van der Waals surface area contributed by atoms with E-state index in [4.69, 9.17) is 9.73 Å². The average Bonchev–Trinajstić information content (AvgIpc) is 3.27. The second-order valence-electron chi connectivity index (χ2n) is 9.03. The van der Waals surface area contributed by atoms with Crippen molar-refractivity contribution in [3.05, 3.63) is 11.6 Å². The number of amides is 1. The van der Waals surface area contributed by atoms with Crippen LogP contribution >= 0.6 is 24.0 Å². The van der Waals surface area contributed by atoms with Gasteiger partial charge in [-0.15, -0.1) is 34.2 Å². The zero-order valence-corrected chi connectivity index (χ0v) is 22.2. The number of nitrogens with zero attached hydrogens (tertiary/aromatic N) is 4. The standard InChI is InChI=1S/C21H39N7O2.HI/c1-7-10-17(25-20(29)30-21(3,4)5)13-22-19(24-16-11-8-9-12-16)23-14-18-27-26-15(2)28(18)6;/h16-17H,7-14H2,1-6H3,(H,25,29)(H2,22,23,24);1H. The Balaban J connectivity index is 0.00000480. The summed E-state index contributed by atoms with van der Waals surface area (Å²) >= 11 is 0. The van der Waals surface area contributed by atoms with Gasteiger partial charge in [-0.2, -0.15) is 0 Å². The molecule has 1 aromatic rings. The first kappa shape index (κ1) is 27.4. The Labute approximate surface area is 203 Å². The van der Waals surface area contributed by atoms with Gasteiger partial charge in [0.05, 0.1) is 0 Å². The van der Waals surface area contributed by atoms with E-state index in [0.717, 1.165) is 43.3 Å². The molecule has 0 saturated heterocycles. The van der Waals surface area contributed by atoms with E-state index in [2.05, 4.69) is 33.1 Å². The van der Waals surface area contributed by atoms with Gasteiger partial charge in [-0.25, -0.2) is 9.79 Å². The number of alkyl carbamates (subject to hydrolysis) is 1. The molecule has 0 aromatic carbocycles. The smallest absolute Gasteiger partial charge is 0.407 e. The van der Waals surface area contributed by atoms with Crippen molar-refractivity contribution in [3.8, 4) is 0 Å². The van der Waals surface area contributed by atoms with Crippen LogP contribution in [0.2, 0.25) is 0 Å². The first-order chi connectivity index (χ1) is 14.2. The molecule has 31 heavy (non-hydrogen) atoms. The van der Waals surface area contributed by atoms with E-state index in [0.29, 0.717) is 19.1 Å². The normalized spacial score (nSPS) is 15.9. The maximum atomic E-state index is 12.2. The number of hydrogen-bond donors (Lipinski definition) is 3. The van der Waals surface area contributed by atoms with Crippen molar-refractivity contribution >= 4 is 36.0 Å². The molecule has 1 unspecified atom stereocenters. The Kier molecular flexibility index (Phi) is 11.6. The summed E-state index contributed by atoms with van der Waals surface area (Å²) < 4.78 is 7.35. The molecule has 1 saturated carbocycles. The molecular formula is C21H40IN7O2. The second kappa shape index (κ2) is 13.1. The van der Waals surface area contributed by atoms with E-state index in [1.807, 2.05) is 39.3 Å². The van der Waals surface area contributed by atoms with Gasteiger partial charge in [-0.05, 0) is 47.0 Å². The molecule has 0 radical (unpaired) electrons. The van der Waals surface area contributed by atoms with Crippen LogP contribution in [0.25, 0.3) is 0 Å². The minimum absolute atomic E-state index is 0. The number of carbonyl (C=O) groups is 1. The molecule has 0 aliphatic heterocycles. The monoisotopic (exact) mass is 549 g/mol. The molecule has 1 heterocycles. The summed E-state index contributed by atoms with van der Waals surface area (Å²) in [6.45, 7) is 10.6. The van der Waals surface area contributed by atoms with Gasteiger partial charge < -0.3 is 25.3 Å². The van der Waals surface area contributed by atoms with Crippen molar-refractivity contribution in [1.82, 2.24) is 30.7 Å². The van der Waals surface area contributed by atoms with Gasteiger partial charge in [-0.1, -0.05) is 26.2 Å². The highest BCUT2D eigenvalue weighted by molar-refractivity contribution is 14.0. The third-order valence-electron chi connectivity index (χ3n) is 5.13. The number of halogens is 1. The zero-order valence-electron chi connectivity index (χ0n) is 19.8. The van der Waals surface area contributed by atoms with E-state index >= 15 is 0 Å². The fourth-order valence-electron chi connectivity index (χ4n) is 3.42. The van der Waals surface area contributed by atoms with Crippen LogP contribution in [0, 0.1) is 6.92 Å². The SMILES string of the molecule is CCCC(CNC(=NCc1nnc(C)n1C)NC1CCCC1)NC(=O)OC(C)(C)C.I. The number of aliphatic imine (C=N–C) groups is 1. The third-order valence-corrected chi connectivity index (χ3v) is 5.13. The lowest BCUT2D eigenvalue weighted by molar-refractivity contribution is 0.0502. The minimum Gasteiger partial charge on any atom is -0.444 e. The van der Waals surface area contributed by atoms with Crippen LogP contribution in [-0.4, -0.2) is 51.0 Å². The Morgan fingerprint density at radius 1 is 1.29 bits per heavy atom. The first-order valence-corrected chi connectivity index (χ1v) is 11.1. The molecule has 0 spiro atoms. The van der Waals surface area contributed by atoms with E-state index in [1.54, 1.807) is 0 Å². The van der Waals surface area contributed by atoms with Crippen molar-refractivity contribution in [3.63, 3.8) is 0 Å². The number of aryl methyl sites for hydroxylation is 1. The summed E-state index contributed by atoms with van der Waals surface area (Å²) in [5, 5.41) is 18.2. The number of carbonyl (C=O) groups excluding carboxylic acids is 1. The first-order valence-electron chi connectivity index (χ1n) is 11.1.